The van der Waals surface area contributed by atoms with E-state index < -0.39 is 0 Å². The van der Waals surface area contributed by atoms with Crippen LogP contribution in [0.1, 0.15) is 44.7 Å². The predicted molar refractivity (Wildman–Crippen MR) is 187 cm³/mol. The number of para-hydroxylation sites is 4. The lowest BCUT2D eigenvalue weighted by atomic mass is 9.68. The summed E-state index contributed by atoms with van der Waals surface area (Å²) in [6, 6.07) is 46.8. The van der Waals surface area contributed by atoms with Gasteiger partial charge < -0.3 is 9.47 Å². The molecule has 3 atom stereocenters. The third-order valence-corrected chi connectivity index (χ3v) is 10.2. The van der Waals surface area contributed by atoms with Gasteiger partial charge in [0.05, 0.1) is 17.1 Å². The lowest BCUT2D eigenvalue weighted by molar-refractivity contribution is 0.433. The van der Waals surface area contributed by atoms with Gasteiger partial charge in [-0.3, -0.25) is 0 Å². The first kappa shape index (κ1) is 26.8. The van der Waals surface area contributed by atoms with E-state index in [9.17, 15) is 0 Å². The van der Waals surface area contributed by atoms with Crippen molar-refractivity contribution in [3.8, 4) is 5.69 Å². The molecule has 1 aromatic heterocycles. The second kappa shape index (κ2) is 10.4. The molecule has 2 nitrogen and oxygen atoms in total. The van der Waals surface area contributed by atoms with Gasteiger partial charge >= 0.3 is 0 Å². The Hall–Kier alpha value is -4.82. The predicted octanol–water partition coefficient (Wildman–Crippen LogP) is 11.0. The average molecular weight is 571 g/mol. The third-order valence-electron chi connectivity index (χ3n) is 10.2. The number of fused-ring (bicyclic) bond motifs is 5. The standard InChI is InChI=1S/C42H38N2/c1-4-27-42(3)37-28-32(44-39-21-13-11-19-34(39)35-20-12-14-22-40(35)44)23-24-33(37)36-25-26-38(29(2)41(36)42)43(30-15-7-5-8-16-30)31-17-9-6-10-18-31/h5-26,28-29,38H,4,27H2,1-3H3. The molecule has 0 saturated heterocycles. The van der Waals surface area contributed by atoms with Crippen LogP contribution in [0, 0.1) is 5.92 Å². The SMILES string of the molecule is CCCC1(C)C2=C(C=CC(N(c3ccccc3)c3ccccc3)C2C)c2ccc(-n3c4ccccc4c4ccccc43)cc21. The fourth-order valence-electron chi connectivity index (χ4n) is 8.36. The van der Waals surface area contributed by atoms with Crippen molar-refractivity contribution < 1.29 is 0 Å². The Balaban J connectivity index is 1.27. The van der Waals surface area contributed by atoms with E-state index in [1.807, 2.05) is 0 Å². The molecule has 44 heavy (non-hydrogen) atoms. The highest BCUT2D eigenvalue weighted by Crippen LogP contribution is 2.56. The van der Waals surface area contributed by atoms with Crippen molar-refractivity contribution in [2.24, 2.45) is 5.92 Å². The maximum absolute atomic E-state index is 2.53. The van der Waals surface area contributed by atoms with Crippen molar-refractivity contribution >= 4 is 38.8 Å². The lowest BCUT2D eigenvalue weighted by Gasteiger charge is -2.42. The highest BCUT2D eigenvalue weighted by molar-refractivity contribution is 6.09. The van der Waals surface area contributed by atoms with Crippen LogP contribution in [0.2, 0.25) is 0 Å². The molecule has 0 saturated carbocycles. The summed E-state index contributed by atoms with van der Waals surface area (Å²) in [7, 11) is 0. The minimum Gasteiger partial charge on any atom is -0.334 e. The molecule has 0 fully saturated rings. The summed E-state index contributed by atoms with van der Waals surface area (Å²) in [4.78, 5) is 2.53. The van der Waals surface area contributed by atoms with Crippen LogP contribution in [0.15, 0.2) is 145 Å². The third kappa shape index (κ3) is 3.94. The number of rotatable bonds is 6. The molecule has 0 bridgehead atoms. The molecule has 0 radical (unpaired) electrons. The summed E-state index contributed by atoms with van der Waals surface area (Å²) in [5.74, 6) is 0.330. The molecule has 2 aliphatic rings. The molecule has 216 valence electrons. The zero-order valence-electron chi connectivity index (χ0n) is 25.7. The van der Waals surface area contributed by atoms with E-state index in [2.05, 4.69) is 170 Å². The van der Waals surface area contributed by atoms with E-state index in [0.717, 1.165) is 12.8 Å². The molecule has 5 aromatic carbocycles. The van der Waals surface area contributed by atoms with Crippen LogP contribution in [-0.2, 0) is 5.41 Å². The zero-order chi connectivity index (χ0) is 29.8. The fraction of sp³-hybridized carbons (Fsp3) is 0.190. The monoisotopic (exact) mass is 570 g/mol. The first-order valence-corrected chi connectivity index (χ1v) is 16.1. The molecule has 8 rings (SSSR count). The molecule has 0 amide bonds. The van der Waals surface area contributed by atoms with Gasteiger partial charge in [-0.2, -0.15) is 0 Å². The van der Waals surface area contributed by atoms with Gasteiger partial charge in [0.2, 0.25) is 0 Å². The van der Waals surface area contributed by atoms with Crippen molar-refractivity contribution in [1.29, 1.82) is 0 Å². The smallest absolute Gasteiger partial charge is 0.0588 e. The van der Waals surface area contributed by atoms with E-state index >= 15 is 0 Å². The number of benzene rings is 5. The Bertz CT molecular complexity index is 1970. The van der Waals surface area contributed by atoms with E-state index in [1.54, 1.807) is 5.57 Å². The molecular formula is C42H38N2. The Labute approximate surface area is 260 Å². The number of anilines is 2. The summed E-state index contributed by atoms with van der Waals surface area (Å²) < 4.78 is 2.46. The summed E-state index contributed by atoms with van der Waals surface area (Å²) in [5, 5.41) is 2.61. The highest BCUT2D eigenvalue weighted by Gasteiger charge is 2.46. The Morgan fingerprint density at radius 3 is 1.86 bits per heavy atom. The van der Waals surface area contributed by atoms with Gasteiger partial charge in [-0.1, -0.05) is 118 Å². The molecular weight excluding hydrogens is 532 g/mol. The number of nitrogens with zero attached hydrogens (tertiary/aromatic N) is 2. The summed E-state index contributed by atoms with van der Waals surface area (Å²) in [6.07, 6.45) is 7.14. The van der Waals surface area contributed by atoms with Gasteiger partial charge in [0.25, 0.3) is 0 Å². The molecule has 0 spiro atoms. The van der Waals surface area contributed by atoms with E-state index in [1.165, 1.54) is 55.6 Å². The summed E-state index contributed by atoms with van der Waals surface area (Å²) in [5.41, 5.74) is 12.0. The van der Waals surface area contributed by atoms with Crippen molar-refractivity contribution in [2.75, 3.05) is 4.90 Å². The largest absolute Gasteiger partial charge is 0.334 e. The summed E-state index contributed by atoms with van der Waals surface area (Å²) >= 11 is 0. The van der Waals surface area contributed by atoms with Gasteiger partial charge in [0.15, 0.2) is 0 Å². The molecule has 1 heterocycles. The maximum atomic E-state index is 2.53. The molecule has 3 unspecified atom stereocenters. The fourth-order valence-corrected chi connectivity index (χ4v) is 8.36. The van der Waals surface area contributed by atoms with Gasteiger partial charge in [0.1, 0.15) is 0 Å². The minimum absolute atomic E-state index is 0.0460. The van der Waals surface area contributed by atoms with Gasteiger partial charge in [-0.25, -0.2) is 0 Å². The van der Waals surface area contributed by atoms with Crippen LogP contribution in [0.4, 0.5) is 11.4 Å². The molecule has 6 aromatic rings. The topological polar surface area (TPSA) is 8.17 Å². The normalized spacial score (nSPS) is 20.7. The number of hydrogen-bond acceptors (Lipinski definition) is 1. The average Bonchev–Trinajstić information content (AvgIpc) is 3.53. The highest BCUT2D eigenvalue weighted by atomic mass is 15.2. The first-order valence-electron chi connectivity index (χ1n) is 16.1. The van der Waals surface area contributed by atoms with Crippen molar-refractivity contribution in [2.45, 2.75) is 45.1 Å². The second-order valence-corrected chi connectivity index (χ2v) is 12.7. The van der Waals surface area contributed by atoms with Gasteiger partial charge in [-0.15, -0.1) is 0 Å². The molecule has 2 heteroatoms. The Kier molecular flexibility index (Phi) is 6.34. The van der Waals surface area contributed by atoms with Crippen molar-refractivity contribution in [3.05, 3.63) is 156 Å². The quantitative estimate of drug-likeness (QED) is 0.193. The van der Waals surface area contributed by atoms with E-state index in [0.29, 0.717) is 5.92 Å². The zero-order valence-corrected chi connectivity index (χ0v) is 25.7. The minimum atomic E-state index is -0.0460. The van der Waals surface area contributed by atoms with Crippen molar-refractivity contribution in [1.82, 2.24) is 4.57 Å². The summed E-state index contributed by atoms with van der Waals surface area (Å²) in [6.45, 7) is 7.30. The lowest BCUT2D eigenvalue weighted by Crippen LogP contribution is -2.40. The molecule has 0 aliphatic heterocycles. The molecule has 2 aliphatic carbocycles. The molecule has 0 N–H and O–H groups in total. The van der Waals surface area contributed by atoms with Crippen LogP contribution in [0.25, 0.3) is 33.1 Å². The van der Waals surface area contributed by atoms with E-state index in [4.69, 9.17) is 0 Å². The van der Waals surface area contributed by atoms with Crippen LogP contribution < -0.4 is 4.90 Å². The second-order valence-electron chi connectivity index (χ2n) is 12.7. The van der Waals surface area contributed by atoms with Gasteiger partial charge in [0, 0.05) is 39.2 Å². The number of hydrogen-bond donors (Lipinski definition) is 0. The van der Waals surface area contributed by atoms with Crippen LogP contribution >= 0.6 is 0 Å². The Morgan fingerprint density at radius 2 is 1.27 bits per heavy atom. The van der Waals surface area contributed by atoms with Crippen LogP contribution in [0.3, 0.4) is 0 Å². The van der Waals surface area contributed by atoms with E-state index in [-0.39, 0.29) is 11.5 Å². The van der Waals surface area contributed by atoms with Crippen LogP contribution in [-0.4, -0.2) is 10.6 Å². The van der Waals surface area contributed by atoms with Crippen molar-refractivity contribution in [3.63, 3.8) is 0 Å². The Morgan fingerprint density at radius 1 is 0.705 bits per heavy atom. The number of allylic oxidation sites excluding steroid dienone is 2. The first-order chi connectivity index (χ1) is 21.6. The number of aromatic nitrogens is 1. The maximum Gasteiger partial charge on any atom is 0.0588 e. The van der Waals surface area contributed by atoms with Crippen LogP contribution in [0.5, 0.6) is 0 Å². The van der Waals surface area contributed by atoms with Gasteiger partial charge in [-0.05, 0) is 77.2 Å².